The molecule has 21 heavy (non-hydrogen) atoms. The van der Waals surface area contributed by atoms with Gasteiger partial charge in [0.05, 0.1) is 15.7 Å². The number of hydrogen-bond acceptors (Lipinski definition) is 3. The molecule has 2 aromatic carbocycles. The number of anilines is 2. The van der Waals surface area contributed by atoms with Crippen LogP contribution in [0.3, 0.4) is 0 Å². The van der Waals surface area contributed by atoms with Crippen molar-refractivity contribution < 1.29 is 13.9 Å². The zero-order valence-electron chi connectivity index (χ0n) is 10.7. The normalized spacial score (nSPS) is 10.2. The van der Waals surface area contributed by atoms with E-state index in [1.165, 1.54) is 36.4 Å². The van der Waals surface area contributed by atoms with Gasteiger partial charge in [-0.1, -0.05) is 23.2 Å². The van der Waals surface area contributed by atoms with Crippen molar-refractivity contribution in [2.75, 3.05) is 17.7 Å². The lowest BCUT2D eigenvalue weighted by atomic mass is 10.3. The number of nitrogens with two attached hydrogens (primary N) is 1. The minimum Gasteiger partial charge on any atom is -0.482 e. The van der Waals surface area contributed by atoms with E-state index in [-0.39, 0.29) is 28.9 Å². The van der Waals surface area contributed by atoms with Crippen LogP contribution >= 0.6 is 23.2 Å². The van der Waals surface area contributed by atoms with Gasteiger partial charge in [0.1, 0.15) is 11.6 Å². The molecule has 0 atom stereocenters. The van der Waals surface area contributed by atoms with E-state index in [0.717, 1.165) is 0 Å². The highest BCUT2D eigenvalue weighted by molar-refractivity contribution is 6.42. The van der Waals surface area contributed by atoms with Crippen molar-refractivity contribution in [3.8, 4) is 5.75 Å². The molecule has 0 aliphatic rings. The van der Waals surface area contributed by atoms with E-state index < -0.39 is 5.91 Å². The second-order valence-corrected chi connectivity index (χ2v) is 4.96. The Hall–Kier alpha value is -1.98. The summed E-state index contributed by atoms with van der Waals surface area (Å²) in [6, 6.07) is 8.25. The Balaban J connectivity index is 1.95. The van der Waals surface area contributed by atoms with Crippen LogP contribution < -0.4 is 15.8 Å². The van der Waals surface area contributed by atoms with Crippen molar-refractivity contribution in [1.82, 2.24) is 0 Å². The fourth-order valence-corrected chi connectivity index (χ4v) is 1.87. The predicted molar refractivity (Wildman–Crippen MR) is 81.4 cm³/mol. The number of carbonyl (C=O) groups excluding carboxylic acids is 1. The molecule has 110 valence electrons. The van der Waals surface area contributed by atoms with E-state index in [0.29, 0.717) is 10.7 Å². The maximum absolute atomic E-state index is 12.7. The molecule has 0 aliphatic carbocycles. The molecule has 2 aromatic rings. The van der Waals surface area contributed by atoms with Crippen molar-refractivity contribution in [3.63, 3.8) is 0 Å². The molecular weight excluding hydrogens is 318 g/mol. The first-order valence-corrected chi connectivity index (χ1v) is 6.64. The molecule has 7 heteroatoms. The number of carbonyl (C=O) groups is 1. The zero-order chi connectivity index (χ0) is 15.4. The summed E-state index contributed by atoms with van der Waals surface area (Å²) in [5.41, 5.74) is 6.45. The Bertz CT molecular complexity index is 663. The van der Waals surface area contributed by atoms with Crippen LogP contribution in [0.25, 0.3) is 0 Å². The summed E-state index contributed by atoms with van der Waals surface area (Å²) in [5, 5.41) is 3.14. The third-order valence-corrected chi connectivity index (χ3v) is 3.26. The smallest absolute Gasteiger partial charge is 0.262 e. The van der Waals surface area contributed by atoms with Gasteiger partial charge in [0.15, 0.2) is 6.61 Å². The van der Waals surface area contributed by atoms with Gasteiger partial charge in [-0.25, -0.2) is 4.39 Å². The molecular formula is C14H11Cl2FN2O2. The number of hydrogen-bond donors (Lipinski definition) is 2. The third kappa shape index (κ3) is 4.24. The first kappa shape index (κ1) is 15.4. The van der Waals surface area contributed by atoms with Gasteiger partial charge in [-0.2, -0.15) is 0 Å². The van der Waals surface area contributed by atoms with Crippen molar-refractivity contribution in [3.05, 3.63) is 52.3 Å². The number of nitrogen functional groups attached to an aromatic ring is 1. The van der Waals surface area contributed by atoms with E-state index in [1.807, 2.05) is 0 Å². The lowest BCUT2D eigenvalue weighted by Gasteiger charge is -2.10. The molecule has 0 aromatic heterocycles. The minimum atomic E-state index is -0.410. The first-order chi connectivity index (χ1) is 9.95. The number of benzene rings is 2. The maximum atomic E-state index is 12.7. The van der Waals surface area contributed by atoms with Crippen LogP contribution in [0.4, 0.5) is 15.8 Å². The highest BCUT2D eigenvalue weighted by Gasteiger charge is 2.09. The van der Waals surface area contributed by atoms with E-state index in [4.69, 9.17) is 33.7 Å². The summed E-state index contributed by atoms with van der Waals surface area (Å²) >= 11 is 11.6. The molecule has 1 amide bonds. The molecule has 0 spiro atoms. The van der Waals surface area contributed by atoms with Crippen molar-refractivity contribution in [2.45, 2.75) is 0 Å². The number of amides is 1. The van der Waals surface area contributed by atoms with Crippen molar-refractivity contribution in [2.24, 2.45) is 0 Å². The third-order valence-electron chi connectivity index (χ3n) is 2.54. The van der Waals surface area contributed by atoms with Gasteiger partial charge >= 0.3 is 0 Å². The highest BCUT2D eigenvalue weighted by atomic mass is 35.5. The monoisotopic (exact) mass is 328 g/mol. The van der Waals surface area contributed by atoms with E-state index in [2.05, 4.69) is 5.32 Å². The van der Waals surface area contributed by atoms with Crippen LogP contribution in [0.15, 0.2) is 36.4 Å². The summed E-state index contributed by atoms with van der Waals surface area (Å²) in [6.07, 6.45) is 0. The average Bonchev–Trinajstić information content (AvgIpc) is 2.44. The predicted octanol–water partition coefficient (Wildman–Crippen LogP) is 3.73. The molecule has 3 N–H and O–H groups in total. The molecule has 0 saturated carbocycles. The Morgan fingerprint density at radius 2 is 1.81 bits per heavy atom. The molecule has 0 aliphatic heterocycles. The average molecular weight is 329 g/mol. The summed E-state index contributed by atoms with van der Waals surface area (Å²) in [4.78, 5) is 11.7. The van der Waals surface area contributed by atoms with Crippen LogP contribution in [0, 0.1) is 5.82 Å². The molecule has 0 bridgehead atoms. The second kappa shape index (κ2) is 6.65. The van der Waals surface area contributed by atoms with E-state index in [1.54, 1.807) is 0 Å². The molecule has 2 rings (SSSR count). The Labute approximate surface area is 130 Å². The topological polar surface area (TPSA) is 64.3 Å². The summed E-state index contributed by atoms with van der Waals surface area (Å²) in [5.74, 6) is -0.529. The number of halogens is 3. The van der Waals surface area contributed by atoms with Gasteiger partial charge in [0.2, 0.25) is 0 Å². The van der Waals surface area contributed by atoms with Crippen molar-refractivity contribution in [1.29, 1.82) is 0 Å². The minimum absolute atomic E-state index is 0.263. The van der Waals surface area contributed by atoms with Crippen LogP contribution in [-0.4, -0.2) is 12.5 Å². The molecule has 0 saturated heterocycles. The molecule has 0 unspecified atom stereocenters. The van der Waals surface area contributed by atoms with Gasteiger partial charge < -0.3 is 15.8 Å². The fourth-order valence-electron chi connectivity index (χ4n) is 1.54. The standard InChI is InChI=1S/C14H11Cl2FN2O2/c15-10-5-12(18)13(6-11(10)16)21-7-14(20)19-9-3-1-8(17)2-4-9/h1-6H,7,18H2,(H,19,20). The Kier molecular flexibility index (Phi) is 4.88. The molecule has 0 fully saturated rings. The SMILES string of the molecule is Nc1cc(Cl)c(Cl)cc1OCC(=O)Nc1ccc(F)cc1. The van der Waals surface area contributed by atoms with E-state index in [9.17, 15) is 9.18 Å². The summed E-state index contributed by atoms with van der Waals surface area (Å²) in [6.45, 7) is -0.264. The van der Waals surface area contributed by atoms with Crippen LogP contribution in [-0.2, 0) is 4.79 Å². The number of ether oxygens (including phenoxy) is 1. The van der Waals surface area contributed by atoms with Crippen LogP contribution in [0.5, 0.6) is 5.75 Å². The van der Waals surface area contributed by atoms with Crippen LogP contribution in [0.2, 0.25) is 10.0 Å². The molecule has 0 radical (unpaired) electrons. The first-order valence-electron chi connectivity index (χ1n) is 5.88. The zero-order valence-corrected chi connectivity index (χ0v) is 12.2. The van der Waals surface area contributed by atoms with Gasteiger partial charge in [-0.15, -0.1) is 0 Å². The van der Waals surface area contributed by atoms with Gasteiger partial charge in [-0.05, 0) is 30.3 Å². The molecule has 0 heterocycles. The molecule has 4 nitrogen and oxygen atoms in total. The van der Waals surface area contributed by atoms with Gasteiger partial charge in [0.25, 0.3) is 5.91 Å². The van der Waals surface area contributed by atoms with Crippen molar-refractivity contribution >= 4 is 40.5 Å². The lowest BCUT2D eigenvalue weighted by Crippen LogP contribution is -2.20. The maximum Gasteiger partial charge on any atom is 0.262 e. The van der Waals surface area contributed by atoms with Gasteiger partial charge in [0, 0.05) is 11.8 Å². The largest absolute Gasteiger partial charge is 0.482 e. The Morgan fingerprint density at radius 3 is 2.48 bits per heavy atom. The van der Waals surface area contributed by atoms with Crippen LogP contribution in [0.1, 0.15) is 0 Å². The fraction of sp³-hybridized carbons (Fsp3) is 0.0714. The number of rotatable bonds is 4. The number of nitrogens with one attached hydrogen (secondary N) is 1. The lowest BCUT2D eigenvalue weighted by molar-refractivity contribution is -0.118. The van der Waals surface area contributed by atoms with Gasteiger partial charge in [-0.3, -0.25) is 4.79 Å². The Morgan fingerprint density at radius 1 is 1.19 bits per heavy atom. The van der Waals surface area contributed by atoms with E-state index >= 15 is 0 Å². The quantitative estimate of drug-likeness (QED) is 0.840. The second-order valence-electron chi connectivity index (χ2n) is 4.15. The summed E-state index contributed by atoms with van der Waals surface area (Å²) in [7, 11) is 0. The highest BCUT2D eigenvalue weighted by Crippen LogP contribution is 2.32. The summed E-state index contributed by atoms with van der Waals surface area (Å²) < 4.78 is 18.0.